The molecule has 0 bridgehead atoms. The first-order valence-electron chi connectivity index (χ1n) is 6.50. The van der Waals surface area contributed by atoms with Crippen LogP contribution in [0.4, 0.5) is 11.4 Å². The first-order chi connectivity index (χ1) is 8.65. The molecule has 0 saturated heterocycles. The summed E-state index contributed by atoms with van der Waals surface area (Å²) >= 11 is 0. The molecule has 1 N–H and O–H groups in total. The van der Waals surface area contributed by atoms with Crippen LogP contribution in [0.5, 0.6) is 0 Å². The van der Waals surface area contributed by atoms with Crippen LogP contribution < -0.4 is 10.2 Å². The standard InChI is InChI=1S/C15H21N3/c1-5-11-9-15(16-6-2)13-10-12(18(3)4)7-8-14(13)17-11/h7-10H,5-6H2,1-4H3,(H,16,17). The summed E-state index contributed by atoms with van der Waals surface area (Å²) in [4.78, 5) is 6.79. The molecule has 0 fully saturated rings. The minimum atomic E-state index is 0.925. The summed E-state index contributed by atoms with van der Waals surface area (Å²) in [5.41, 5.74) is 4.59. The SMILES string of the molecule is CCNc1cc(CC)nc2ccc(N(C)C)cc12. The Bertz CT molecular complexity index is 547. The number of hydrogen-bond donors (Lipinski definition) is 1. The fourth-order valence-corrected chi connectivity index (χ4v) is 2.06. The van der Waals surface area contributed by atoms with Gasteiger partial charge in [0, 0.05) is 43.1 Å². The molecule has 0 aliphatic heterocycles. The lowest BCUT2D eigenvalue weighted by atomic mass is 10.1. The Hall–Kier alpha value is -1.77. The zero-order chi connectivity index (χ0) is 13.1. The maximum atomic E-state index is 4.68. The average molecular weight is 243 g/mol. The van der Waals surface area contributed by atoms with Crippen LogP contribution in [0.1, 0.15) is 19.5 Å². The third-order valence-electron chi connectivity index (χ3n) is 3.09. The third-order valence-corrected chi connectivity index (χ3v) is 3.09. The minimum Gasteiger partial charge on any atom is -0.385 e. The van der Waals surface area contributed by atoms with Crippen LogP contribution >= 0.6 is 0 Å². The maximum absolute atomic E-state index is 4.68. The van der Waals surface area contributed by atoms with Crippen molar-refractivity contribution in [1.82, 2.24) is 4.98 Å². The Kier molecular flexibility index (Phi) is 3.70. The van der Waals surface area contributed by atoms with Gasteiger partial charge in [0.05, 0.1) is 5.52 Å². The Morgan fingerprint density at radius 2 is 1.94 bits per heavy atom. The molecular weight excluding hydrogens is 222 g/mol. The predicted molar refractivity (Wildman–Crippen MR) is 79.6 cm³/mol. The number of rotatable bonds is 4. The molecule has 2 rings (SSSR count). The number of pyridine rings is 1. The van der Waals surface area contributed by atoms with Crippen molar-refractivity contribution in [3.8, 4) is 0 Å². The molecule has 2 aromatic rings. The van der Waals surface area contributed by atoms with Gasteiger partial charge in [-0.05, 0) is 37.6 Å². The van der Waals surface area contributed by atoms with E-state index in [2.05, 4.69) is 67.4 Å². The number of nitrogens with zero attached hydrogens (tertiary/aromatic N) is 2. The summed E-state index contributed by atoms with van der Waals surface area (Å²) in [5, 5.41) is 4.63. The Balaban J connectivity index is 2.63. The van der Waals surface area contributed by atoms with Gasteiger partial charge >= 0.3 is 0 Å². The Labute approximate surface area is 109 Å². The molecule has 0 radical (unpaired) electrons. The second-order valence-corrected chi connectivity index (χ2v) is 4.64. The zero-order valence-corrected chi connectivity index (χ0v) is 11.6. The van der Waals surface area contributed by atoms with Gasteiger partial charge in [-0.25, -0.2) is 0 Å². The van der Waals surface area contributed by atoms with Crippen molar-refractivity contribution in [2.45, 2.75) is 20.3 Å². The van der Waals surface area contributed by atoms with Crippen molar-refractivity contribution in [2.24, 2.45) is 0 Å². The molecule has 0 amide bonds. The van der Waals surface area contributed by atoms with Gasteiger partial charge < -0.3 is 10.2 Å². The topological polar surface area (TPSA) is 28.2 Å². The van der Waals surface area contributed by atoms with Crippen LogP contribution in [0.3, 0.4) is 0 Å². The van der Waals surface area contributed by atoms with E-state index >= 15 is 0 Å². The van der Waals surface area contributed by atoms with Crippen molar-refractivity contribution >= 4 is 22.3 Å². The van der Waals surface area contributed by atoms with Gasteiger partial charge in [-0.1, -0.05) is 6.92 Å². The summed E-state index contributed by atoms with van der Waals surface area (Å²) < 4.78 is 0. The number of aromatic nitrogens is 1. The van der Waals surface area contributed by atoms with E-state index in [1.165, 1.54) is 16.8 Å². The Morgan fingerprint density at radius 3 is 2.56 bits per heavy atom. The van der Waals surface area contributed by atoms with Crippen LogP contribution in [0.15, 0.2) is 24.3 Å². The predicted octanol–water partition coefficient (Wildman–Crippen LogP) is 3.30. The molecular formula is C15H21N3. The number of anilines is 2. The van der Waals surface area contributed by atoms with E-state index in [0.717, 1.165) is 24.2 Å². The largest absolute Gasteiger partial charge is 0.385 e. The fraction of sp³-hybridized carbons (Fsp3) is 0.400. The number of hydrogen-bond acceptors (Lipinski definition) is 3. The molecule has 0 aliphatic carbocycles. The van der Waals surface area contributed by atoms with Crippen molar-refractivity contribution in [2.75, 3.05) is 30.9 Å². The third kappa shape index (κ3) is 2.40. The van der Waals surface area contributed by atoms with E-state index in [4.69, 9.17) is 0 Å². The molecule has 1 aromatic heterocycles. The molecule has 1 heterocycles. The molecule has 0 unspecified atom stereocenters. The lowest BCUT2D eigenvalue weighted by molar-refractivity contribution is 1.05. The Morgan fingerprint density at radius 1 is 1.17 bits per heavy atom. The number of aryl methyl sites for hydroxylation is 1. The van der Waals surface area contributed by atoms with Crippen LogP contribution in [0.2, 0.25) is 0 Å². The van der Waals surface area contributed by atoms with E-state index in [-0.39, 0.29) is 0 Å². The molecule has 0 saturated carbocycles. The van der Waals surface area contributed by atoms with Gasteiger partial charge in [0.15, 0.2) is 0 Å². The lowest BCUT2D eigenvalue weighted by Gasteiger charge is -2.15. The summed E-state index contributed by atoms with van der Waals surface area (Å²) in [6.07, 6.45) is 0.962. The summed E-state index contributed by atoms with van der Waals surface area (Å²) in [6, 6.07) is 8.57. The first-order valence-corrected chi connectivity index (χ1v) is 6.50. The molecule has 0 atom stereocenters. The van der Waals surface area contributed by atoms with Gasteiger partial charge in [-0.2, -0.15) is 0 Å². The van der Waals surface area contributed by atoms with Gasteiger partial charge in [-0.3, -0.25) is 4.98 Å². The van der Waals surface area contributed by atoms with E-state index in [1.807, 2.05) is 0 Å². The second-order valence-electron chi connectivity index (χ2n) is 4.64. The van der Waals surface area contributed by atoms with Crippen molar-refractivity contribution < 1.29 is 0 Å². The highest BCUT2D eigenvalue weighted by molar-refractivity contribution is 5.93. The summed E-state index contributed by atoms with van der Waals surface area (Å²) in [6.45, 7) is 5.18. The van der Waals surface area contributed by atoms with E-state index in [9.17, 15) is 0 Å². The lowest BCUT2D eigenvalue weighted by Crippen LogP contribution is -2.08. The number of benzene rings is 1. The van der Waals surface area contributed by atoms with Crippen LogP contribution in [-0.2, 0) is 6.42 Å². The molecule has 3 heteroatoms. The molecule has 1 aromatic carbocycles. The van der Waals surface area contributed by atoms with Gasteiger partial charge in [0.25, 0.3) is 0 Å². The number of fused-ring (bicyclic) bond motifs is 1. The average Bonchev–Trinajstić information content (AvgIpc) is 2.38. The molecule has 18 heavy (non-hydrogen) atoms. The van der Waals surface area contributed by atoms with E-state index < -0.39 is 0 Å². The van der Waals surface area contributed by atoms with Gasteiger partial charge in [0.2, 0.25) is 0 Å². The quantitative estimate of drug-likeness (QED) is 0.893. The normalized spacial score (nSPS) is 10.7. The molecule has 0 spiro atoms. The molecule has 3 nitrogen and oxygen atoms in total. The highest BCUT2D eigenvalue weighted by atomic mass is 15.1. The first kappa shape index (κ1) is 12.7. The van der Waals surface area contributed by atoms with Crippen LogP contribution in [0, 0.1) is 0 Å². The van der Waals surface area contributed by atoms with Crippen molar-refractivity contribution in [3.63, 3.8) is 0 Å². The molecule has 0 aliphatic rings. The van der Waals surface area contributed by atoms with Gasteiger partial charge in [0.1, 0.15) is 0 Å². The highest BCUT2D eigenvalue weighted by Crippen LogP contribution is 2.27. The smallest absolute Gasteiger partial charge is 0.0727 e. The van der Waals surface area contributed by atoms with Crippen LogP contribution in [0.25, 0.3) is 10.9 Å². The second kappa shape index (κ2) is 5.25. The molecule has 96 valence electrons. The van der Waals surface area contributed by atoms with E-state index in [0.29, 0.717) is 0 Å². The zero-order valence-electron chi connectivity index (χ0n) is 11.6. The van der Waals surface area contributed by atoms with E-state index in [1.54, 1.807) is 0 Å². The van der Waals surface area contributed by atoms with Crippen LogP contribution in [-0.4, -0.2) is 25.6 Å². The summed E-state index contributed by atoms with van der Waals surface area (Å²) in [5.74, 6) is 0. The van der Waals surface area contributed by atoms with Crippen molar-refractivity contribution in [3.05, 3.63) is 30.0 Å². The maximum Gasteiger partial charge on any atom is 0.0727 e. The number of nitrogens with one attached hydrogen (secondary N) is 1. The minimum absolute atomic E-state index is 0.925. The summed E-state index contributed by atoms with van der Waals surface area (Å²) in [7, 11) is 4.11. The van der Waals surface area contributed by atoms with Gasteiger partial charge in [-0.15, -0.1) is 0 Å². The van der Waals surface area contributed by atoms with Crippen molar-refractivity contribution in [1.29, 1.82) is 0 Å². The highest BCUT2D eigenvalue weighted by Gasteiger charge is 2.06. The fourth-order valence-electron chi connectivity index (χ4n) is 2.06. The monoisotopic (exact) mass is 243 g/mol.